The first-order chi connectivity index (χ1) is 8.16. The van der Waals surface area contributed by atoms with Gasteiger partial charge in [0.25, 0.3) is 0 Å². The molecule has 2 fully saturated rings. The van der Waals surface area contributed by atoms with Crippen LogP contribution in [0.1, 0.15) is 25.7 Å². The van der Waals surface area contributed by atoms with Gasteiger partial charge < -0.3 is 14.7 Å². The Balaban J connectivity index is 1.91. The second-order valence-electron chi connectivity index (χ2n) is 4.94. The number of aliphatic carboxylic acids is 1. The fraction of sp³-hybridized carbons (Fsp3) is 0.833. The highest BCUT2D eigenvalue weighted by atomic mass is 16.5. The first-order valence-electron chi connectivity index (χ1n) is 6.25. The Morgan fingerprint density at radius 3 is 2.35 bits per heavy atom. The van der Waals surface area contributed by atoms with Crippen LogP contribution in [0.15, 0.2) is 0 Å². The minimum atomic E-state index is -0.925. The van der Waals surface area contributed by atoms with E-state index in [1.54, 1.807) is 0 Å². The molecular formula is C12H19NO4. The SMILES string of the molecule is O=C(O)CN(CC1CC1)C(=O)C1CCOCC1. The van der Waals surface area contributed by atoms with Crippen molar-refractivity contribution < 1.29 is 19.4 Å². The van der Waals surface area contributed by atoms with Crippen LogP contribution < -0.4 is 0 Å². The van der Waals surface area contributed by atoms with Crippen molar-refractivity contribution in [1.82, 2.24) is 4.90 Å². The van der Waals surface area contributed by atoms with E-state index in [9.17, 15) is 9.59 Å². The summed E-state index contributed by atoms with van der Waals surface area (Å²) < 4.78 is 5.22. The van der Waals surface area contributed by atoms with Crippen LogP contribution in [-0.4, -0.2) is 48.2 Å². The number of carboxylic acids is 1. The monoisotopic (exact) mass is 241 g/mol. The zero-order valence-electron chi connectivity index (χ0n) is 9.93. The molecule has 0 aromatic rings. The Kier molecular flexibility index (Phi) is 3.99. The maximum atomic E-state index is 12.2. The zero-order valence-corrected chi connectivity index (χ0v) is 9.93. The van der Waals surface area contributed by atoms with E-state index in [1.807, 2.05) is 0 Å². The van der Waals surface area contributed by atoms with Crippen molar-refractivity contribution in [1.29, 1.82) is 0 Å². The molecule has 1 heterocycles. The maximum absolute atomic E-state index is 12.2. The average Bonchev–Trinajstić information content (AvgIpc) is 3.12. The Morgan fingerprint density at radius 1 is 1.18 bits per heavy atom. The summed E-state index contributed by atoms with van der Waals surface area (Å²) in [4.78, 5) is 24.5. The normalized spacial score (nSPS) is 21.2. The van der Waals surface area contributed by atoms with Crippen LogP contribution >= 0.6 is 0 Å². The van der Waals surface area contributed by atoms with E-state index in [2.05, 4.69) is 0 Å². The molecule has 5 nitrogen and oxygen atoms in total. The van der Waals surface area contributed by atoms with Crippen molar-refractivity contribution in [3.8, 4) is 0 Å². The molecule has 96 valence electrons. The fourth-order valence-corrected chi connectivity index (χ4v) is 2.21. The molecular weight excluding hydrogens is 222 g/mol. The second kappa shape index (κ2) is 5.49. The van der Waals surface area contributed by atoms with Crippen LogP contribution in [0.4, 0.5) is 0 Å². The Morgan fingerprint density at radius 2 is 1.82 bits per heavy atom. The van der Waals surface area contributed by atoms with E-state index in [0.717, 1.165) is 25.7 Å². The number of carbonyl (C=O) groups is 2. The van der Waals surface area contributed by atoms with Gasteiger partial charge in [-0.25, -0.2) is 0 Å². The molecule has 17 heavy (non-hydrogen) atoms. The number of carboxylic acid groups (broad SMARTS) is 1. The number of rotatable bonds is 5. The van der Waals surface area contributed by atoms with E-state index >= 15 is 0 Å². The van der Waals surface area contributed by atoms with Gasteiger partial charge in [-0.3, -0.25) is 9.59 Å². The van der Waals surface area contributed by atoms with Crippen LogP contribution in [0.5, 0.6) is 0 Å². The highest BCUT2D eigenvalue weighted by Crippen LogP contribution is 2.30. The number of hydrogen-bond donors (Lipinski definition) is 1. The number of ether oxygens (including phenoxy) is 1. The first kappa shape index (κ1) is 12.4. The summed E-state index contributed by atoms with van der Waals surface area (Å²) in [5, 5.41) is 8.85. The van der Waals surface area contributed by atoms with Crippen molar-refractivity contribution in [3.63, 3.8) is 0 Å². The average molecular weight is 241 g/mol. The topological polar surface area (TPSA) is 66.8 Å². The van der Waals surface area contributed by atoms with E-state index in [-0.39, 0.29) is 18.4 Å². The minimum absolute atomic E-state index is 0.00241. The van der Waals surface area contributed by atoms with E-state index < -0.39 is 5.97 Å². The van der Waals surface area contributed by atoms with Crippen molar-refractivity contribution >= 4 is 11.9 Å². The summed E-state index contributed by atoms with van der Waals surface area (Å²) in [5.41, 5.74) is 0. The summed E-state index contributed by atoms with van der Waals surface area (Å²) in [7, 11) is 0. The summed E-state index contributed by atoms with van der Waals surface area (Å²) >= 11 is 0. The van der Waals surface area contributed by atoms with Crippen molar-refractivity contribution in [2.24, 2.45) is 11.8 Å². The highest BCUT2D eigenvalue weighted by molar-refractivity contribution is 5.83. The third-order valence-electron chi connectivity index (χ3n) is 3.38. The zero-order chi connectivity index (χ0) is 12.3. The molecule has 1 saturated heterocycles. The molecule has 1 saturated carbocycles. The molecule has 1 aliphatic heterocycles. The largest absolute Gasteiger partial charge is 0.480 e. The van der Waals surface area contributed by atoms with Gasteiger partial charge in [0.2, 0.25) is 5.91 Å². The highest BCUT2D eigenvalue weighted by Gasteiger charge is 2.32. The van der Waals surface area contributed by atoms with E-state index in [4.69, 9.17) is 9.84 Å². The van der Waals surface area contributed by atoms with Crippen molar-refractivity contribution in [3.05, 3.63) is 0 Å². The third-order valence-corrected chi connectivity index (χ3v) is 3.38. The van der Waals surface area contributed by atoms with Crippen molar-refractivity contribution in [2.75, 3.05) is 26.3 Å². The molecule has 0 atom stereocenters. The lowest BCUT2D eigenvalue weighted by molar-refractivity contribution is -0.148. The van der Waals surface area contributed by atoms with E-state index in [1.165, 1.54) is 4.90 Å². The Bertz CT molecular complexity index is 295. The molecule has 0 aromatic heterocycles. The molecule has 1 amide bonds. The van der Waals surface area contributed by atoms with Gasteiger partial charge in [0, 0.05) is 25.7 Å². The van der Waals surface area contributed by atoms with Gasteiger partial charge in [0.1, 0.15) is 6.54 Å². The lowest BCUT2D eigenvalue weighted by atomic mass is 9.98. The number of carbonyl (C=O) groups excluding carboxylic acids is 1. The fourth-order valence-electron chi connectivity index (χ4n) is 2.21. The summed E-state index contributed by atoms with van der Waals surface area (Å²) in [5.74, 6) is -0.436. The van der Waals surface area contributed by atoms with Gasteiger partial charge in [-0.05, 0) is 31.6 Å². The summed E-state index contributed by atoms with van der Waals surface area (Å²) in [6.45, 7) is 1.68. The predicted octanol–water partition coefficient (Wildman–Crippen LogP) is 0.736. The van der Waals surface area contributed by atoms with Crippen LogP contribution in [0.2, 0.25) is 0 Å². The quantitative estimate of drug-likeness (QED) is 0.770. The van der Waals surface area contributed by atoms with E-state index in [0.29, 0.717) is 25.7 Å². The smallest absolute Gasteiger partial charge is 0.323 e. The molecule has 2 rings (SSSR count). The molecule has 0 radical (unpaired) electrons. The van der Waals surface area contributed by atoms with Crippen LogP contribution in [0.25, 0.3) is 0 Å². The van der Waals surface area contributed by atoms with Gasteiger partial charge >= 0.3 is 5.97 Å². The molecule has 5 heteroatoms. The number of hydrogen-bond acceptors (Lipinski definition) is 3. The lowest BCUT2D eigenvalue weighted by Crippen LogP contribution is -2.42. The molecule has 0 spiro atoms. The van der Waals surface area contributed by atoms with Crippen LogP contribution in [0, 0.1) is 11.8 Å². The van der Waals surface area contributed by atoms with Gasteiger partial charge in [0.15, 0.2) is 0 Å². The number of amides is 1. The summed E-state index contributed by atoms with van der Waals surface area (Å²) in [6.07, 6.45) is 3.69. The number of nitrogens with zero attached hydrogens (tertiary/aromatic N) is 1. The maximum Gasteiger partial charge on any atom is 0.323 e. The summed E-state index contributed by atoms with van der Waals surface area (Å²) in [6, 6.07) is 0. The Hall–Kier alpha value is -1.10. The molecule has 2 aliphatic rings. The molecule has 0 aromatic carbocycles. The van der Waals surface area contributed by atoms with Gasteiger partial charge in [0.05, 0.1) is 0 Å². The predicted molar refractivity (Wildman–Crippen MR) is 60.5 cm³/mol. The van der Waals surface area contributed by atoms with Crippen molar-refractivity contribution in [2.45, 2.75) is 25.7 Å². The lowest BCUT2D eigenvalue weighted by Gasteiger charge is -2.28. The Labute approximate surface area is 101 Å². The first-order valence-corrected chi connectivity index (χ1v) is 6.25. The molecule has 1 N–H and O–H groups in total. The second-order valence-corrected chi connectivity index (χ2v) is 4.94. The third kappa shape index (κ3) is 3.70. The van der Waals surface area contributed by atoms with Crippen LogP contribution in [0.3, 0.4) is 0 Å². The molecule has 0 unspecified atom stereocenters. The standard InChI is InChI=1S/C12H19NO4/c14-11(15)8-13(7-9-1-2-9)12(16)10-3-5-17-6-4-10/h9-10H,1-8H2,(H,14,15). The van der Waals surface area contributed by atoms with Gasteiger partial charge in [-0.1, -0.05) is 0 Å². The molecule has 1 aliphatic carbocycles. The van der Waals surface area contributed by atoms with Gasteiger partial charge in [-0.2, -0.15) is 0 Å². The van der Waals surface area contributed by atoms with Crippen LogP contribution in [-0.2, 0) is 14.3 Å². The molecule has 0 bridgehead atoms. The van der Waals surface area contributed by atoms with Gasteiger partial charge in [-0.15, -0.1) is 0 Å². The minimum Gasteiger partial charge on any atom is -0.480 e.